The number of amidine groups is 1. The smallest absolute Gasteiger partial charge is 0.153 e. The molecule has 0 spiro atoms. The first-order valence-electron chi connectivity index (χ1n) is 5.50. The van der Waals surface area contributed by atoms with Crippen LogP contribution in [-0.2, 0) is 0 Å². The molecule has 0 saturated carbocycles. The number of hydrogen-bond acceptors (Lipinski definition) is 5. The molecule has 0 radical (unpaired) electrons. The van der Waals surface area contributed by atoms with E-state index in [1.807, 2.05) is 18.7 Å². The number of hydrogen-bond donors (Lipinski definition) is 1. The summed E-state index contributed by atoms with van der Waals surface area (Å²) in [6, 6.07) is 0. The Morgan fingerprint density at radius 3 is 2.88 bits per heavy atom. The van der Waals surface area contributed by atoms with Gasteiger partial charge in [-0.05, 0) is 20.6 Å². The maximum Gasteiger partial charge on any atom is 0.153 e. The number of thioether (sulfide) groups is 1. The van der Waals surface area contributed by atoms with E-state index in [1.165, 1.54) is 0 Å². The molecule has 17 heavy (non-hydrogen) atoms. The molecule has 1 N–H and O–H groups in total. The van der Waals surface area contributed by atoms with Gasteiger partial charge in [0.1, 0.15) is 6.17 Å². The van der Waals surface area contributed by atoms with Gasteiger partial charge >= 0.3 is 0 Å². The molecule has 1 aliphatic heterocycles. The number of hydrazone groups is 1. The van der Waals surface area contributed by atoms with Gasteiger partial charge in [-0.3, -0.25) is 15.3 Å². The Kier molecular flexibility index (Phi) is 5.33. The molecule has 0 aromatic carbocycles. The molecule has 0 bridgehead atoms. The van der Waals surface area contributed by atoms with Crippen LogP contribution in [0.4, 0.5) is 0 Å². The fourth-order valence-corrected chi connectivity index (χ4v) is 2.59. The molecule has 0 aromatic rings. The average molecular weight is 275 g/mol. The maximum atomic E-state index is 6.06. The van der Waals surface area contributed by atoms with Crippen LogP contribution in [0.2, 0.25) is 0 Å². The molecule has 0 aromatic heterocycles. The van der Waals surface area contributed by atoms with Crippen LogP contribution in [0.5, 0.6) is 0 Å². The Labute approximate surface area is 112 Å². The third-order valence-corrected chi connectivity index (χ3v) is 4.31. The second kappa shape index (κ2) is 6.31. The van der Waals surface area contributed by atoms with E-state index >= 15 is 0 Å². The molecular formula is C11H19ClN4S. The second-order valence-corrected chi connectivity index (χ2v) is 6.12. The Bertz CT molecular complexity index is 329. The highest BCUT2D eigenvalue weighted by Gasteiger charge is 2.27. The van der Waals surface area contributed by atoms with Crippen molar-refractivity contribution in [3.05, 3.63) is 11.6 Å². The number of nitrogens with zero attached hydrogens (tertiary/aromatic N) is 3. The normalized spacial score (nSPS) is 22.7. The minimum atomic E-state index is 0.0977. The first kappa shape index (κ1) is 14.4. The summed E-state index contributed by atoms with van der Waals surface area (Å²) in [6.07, 6.45) is 0.101. The number of halogens is 1. The third kappa shape index (κ3) is 3.64. The predicted octanol–water partition coefficient (Wildman–Crippen LogP) is 2.47. The number of aliphatic imine (C=N–C) groups is 1. The van der Waals surface area contributed by atoms with Crippen molar-refractivity contribution in [2.24, 2.45) is 10.1 Å². The topological polar surface area (TPSA) is 40.0 Å². The van der Waals surface area contributed by atoms with E-state index in [4.69, 9.17) is 11.6 Å². The van der Waals surface area contributed by atoms with Gasteiger partial charge in [0.25, 0.3) is 0 Å². The largest absolute Gasteiger partial charge is 0.300 e. The van der Waals surface area contributed by atoms with Gasteiger partial charge in [-0.2, -0.15) is 5.10 Å². The summed E-state index contributed by atoms with van der Waals surface area (Å²) in [4.78, 5) is 5.90. The van der Waals surface area contributed by atoms with Crippen LogP contribution in [0.1, 0.15) is 20.8 Å². The van der Waals surface area contributed by atoms with E-state index < -0.39 is 0 Å². The second-order valence-electron chi connectivity index (χ2n) is 3.98. The molecule has 2 unspecified atom stereocenters. The monoisotopic (exact) mass is 274 g/mol. The maximum absolute atomic E-state index is 6.06. The van der Waals surface area contributed by atoms with Crippen molar-refractivity contribution in [3.8, 4) is 0 Å². The van der Waals surface area contributed by atoms with Gasteiger partial charge < -0.3 is 0 Å². The highest BCUT2D eigenvalue weighted by atomic mass is 35.5. The Morgan fingerprint density at radius 2 is 2.35 bits per heavy atom. The molecule has 1 aliphatic rings. The highest BCUT2D eigenvalue weighted by Crippen LogP contribution is 2.30. The van der Waals surface area contributed by atoms with Gasteiger partial charge in [-0.15, -0.1) is 23.4 Å². The van der Waals surface area contributed by atoms with E-state index in [0.29, 0.717) is 11.8 Å². The molecule has 96 valence electrons. The van der Waals surface area contributed by atoms with Crippen LogP contribution >= 0.6 is 23.4 Å². The van der Waals surface area contributed by atoms with Crippen LogP contribution < -0.4 is 5.43 Å². The summed E-state index contributed by atoms with van der Waals surface area (Å²) >= 11 is 7.71. The fraction of sp³-hybridized carbons (Fsp3) is 0.636. The quantitative estimate of drug-likeness (QED) is 0.597. The highest BCUT2D eigenvalue weighted by molar-refractivity contribution is 8.03. The number of alkyl halides is 1. The van der Waals surface area contributed by atoms with E-state index in [9.17, 15) is 0 Å². The Morgan fingerprint density at radius 1 is 1.71 bits per heavy atom. The van der Waals surface area contributed by atoms with Gasteiger partial charge in [0.05, 0.1) is 11.6 Å². The predicted molar refractivity (Wildman–Crippen MR) is 77.8 cm³/mol. The van der Waals surface area contributed by atoms with Gasteiger partial charge in [0, 0.05) is 10.6 Å². The molecule has 1 heterocycles. The summed E-state index contributed by atoms with van der Waals surface area (Å²) in [7, 11) is 0. The number of rotatable bonds is 6. The average Bonchev–Trinajstić information content (AvgIpc) is 2.60. The summed E-state index contributed by atoms with van der Waals surface area (Å²) in [6.45, 7) is 14.2. The van der Waals surface area contributed by atoms with Crippen molar-refractivity contribution in [1.29, 1.82) is 0 Å². The Hall–Kier alpha value is -0.680. The molecule has 0 aliphatic carbocycles. The minimum Gasteiger partial charge on any atom is -0.300 e. The van der Waals surface area contributed by atoms with E-state index in [-0.39, 0.29) is 11.5 Å². The van der Waals surface area contributed by atoms with Gasteiger partial charge in [0.15, 0.2) is 5.84 Å². The lowest BCUT2D eigenvalue weighted by atomic mass is 10.4. The molecule has 0 saturated heterocycles. The first-order chi connectivity index (χ1) is 7.97. The van der Waals surface area contributed by atoms with E-state index in [2.05, 4.69) is 35.7 Å². The van der Waals surface area contributed by atoms with Crippen molar-refractivity contribution >= 4 is 35.9 Å². The van der Waals surface area contributed by atoms with Crippen molar-refractivity contribution in [2.75, 3.05) is 6.54 Å². The van der Waals surface area contributed by atoms with Crippen LogP contribution in [0.25, 0.3) is 0 Å². The van der Waals surface area contributed by atoms with Gasteiger partial charge in [0.2, 0.25) is 0 Å². The zero-order chi connectivity index (χ0) is 13.0. The van der Waals surface area contributed by atoms with Crippen molar-refractivity contribution in [3.63, 3.8) is 0 Å². The fourth-order valence-electron chi connectivity index (χ4n) is 1.44. The molecule has 4 nitrogen and oxygen atoms in total. The lowest BCUT2D eigenvalue weighted by Gasteiger charge is -2.27. The molecule has 6 heteroatoms. The lowest BCUT2D eigenvalue weighted by Crippen LogP contribution is -2.37. The summed E-state index contributed by atoms with van der Waals surface area (Å²) in [5, 5.41) is 5.55. The molecule has 0 fully saturated rings. The van der Waals surface area contributed by atoms with Crippen LogP contribution in [-0.4, -0.2) is 40.8 Å². The molecule has 1 rings (SSSR count). The molecule has 3 atom stereocenters. The van der Waals surface area contributed by atoms with Gasteiger partial charge in [-0.25, -0.2) is 0 Å². The van der Waals surface area contributed by atoms with Crippen LogP contribution in [0.15, 0.2) is 21.7 Å². The van der Waals surface area contributed by atoms with E-state index in [1.54, 1.807) is 11.8 Å². The zero-order valence-electron chi connectivity index (χ0n) is 10.5. The van der Waals surface area contributed by atoms with Gasteiger partial charge in [-0.1, -0.05) is 13.5 Å². The summed E-state index contributed by atoms with van der Waals surface area (Å²) in [5.74, 6) is 0.847. The van der Waals surface area contributed by atoms with E-state index in [0.717, 1.165) is 10.9 Å². The van der Waals surface area contributed by atoms with Crippen molar-refractivity contribution in [1.82, 2.24) is 10.3 Å². The van der Waals surface area contributed by atoms with Crippen LogP contribution in [0, 0.1) is 0 Å². The molecule has 0 amide bonds. The SMILES string of the molecule is C=NCC1=NNC(C)N1C(=C)SC(C)[C@@H](C)Cl. The van der Waals surface area contributed by atoms with Crippen molar-refractivity contribution in [2.45, 2.75) is 37.6 Å². The third-order valence-electron chi connectivity index (χ3n) is 2.54. The summed E-state index contributed by atoms with van der Waals surface area (Å²) in [5.41, 5.74) is 3.01. The first-order valence-corrected chi connectivity index (χ1v) is 6.82. The lowest BCUT2D eigenvalue weighted by molar-refractivity contribution is 0.400. The Balaban J connectivity index is 2.66. The molecular weight excluding hydrogens is 256 g/mol. The van der Waals surface area contributed by atoms with Crippen molar-refractivity contribution < 1.29 is 0 Å². The summed E-state index contributed by atoms with van der Waals surface area (Å²) < 4.78 is 0. The minimum absolute atomic E-state index is 0.0977. The standard InChI is InChI=1S/C11H19ClN4S/c1-7(12)8(2)17-10(4)16-9(3)14-15-11(16)6-13-5/h7-9,14H,4-6H2,1-3H3/t7-,8?,9?/m1/s1. The number of nitrogens with one attached hydrogen (secondary N) is 1. The van der Waals surface area contributed by atoms with Crippen LogP contribution in [0.3, 0.4) is 0 Å². The zero-order valence-corrected chi connectivity index (χ0v) is 12.1.